The Morgan fingerprint density at radius 1 is 1.03 bits per heavy atom. The first-order chi connectivity index (χ1) is 14.6. The summed E-state index contributed by atoms with van der Waals surface area (Å²) in [5, 5.41) is 9.25. The van der Waals surface area contributed by atoms with Gasteiger partial charge in [0.05, 0.1) is 6.54 Å². The van der Waals surface area contributed by atoms with E-state index in [1.54, 1.807) is 17.8 Å². The summed E-state index contributed by atoms with van der Waals surface area (Å²) in [5.74, 6) is 2.29. The molecule has 0 saturated carbocycles. The molecule has 0 amide bonds. The van der Waals surface area contributed by atoms with E-state index < -0.39 is 0 Å². The van der Waals surface area contributed by atoms with Gasteiger partial charge in [0.15, 0.2) is 0 Å². The predicted octanol–water partition coefficient (Wildman–Crippen LogP) is 3.94. The van der Waals surface area contributed by atoms with E-state index in [4.69, 9.17) is 4.42 Å². The maximum absolute atomic E-state index is 12.7. The Morgan fingerprint density at radius 3 is 2.57 bits per heavy atom. The maximum atomic E-state index is 12.7. The van der Waals surface area contributed by atoms with Crippen LogP contribution in [0, 0.1) is 5.92 Å². The Labute approximate surface area is 180 Å². The molecule has 0 aliphatic carbocycles. The molecule has 5 nitrogen and oxygen atoms in total. The molecule has 30 heavy (non-hydrogen) atoms. The Hall–Kier alpha value is -2.28. The monoisotopic (exact) mass is 422 g/mol. The summed E-state index contributed by atoms with van der Waals surface area (Å²) in [7, 11) is 0. The first kappa shape index (κ1) is 19.7. The van der Waals surface area contributed by atoms with Crippen molar-refractivity contribution in [1.82, 2.24) is 9.47 Å². The van der Waals surface area contributed by atoms with E-state index in [-0.39, 0.29) is 12.2 Å². The van der Waals surface area contributed by atoms with E-state index in [1.165, 1.54) is 21.7 Å². The van der Waals surface area contributed by atoms with Crippen LogP contribution in [0.1, 0.15) is 29.6 Å². The van der Waals surface area contributed by atoms with E-state index in [1.807, 2.05) is 22.8 Å². The van der Waals surface area contributed by atoms with Crippen LogP contribution in [0.25, 0.3) is 11.1 Å². The largest absolute Gasteiger partial charge is 0.462 e. The number of nitrogens with zero attached hydrogens (tertiary/aromatic N) is 2. The van der Waals surface area contributed by atoms with E-state index >= 15 is 0 Å². The Bertz CT molecular complexity index is 1100. The number of pyridine rings is 1. The summed E-state index contributed by atoms with van der Waals surface area (Å²) < 4.78 is 7.73. The molecule has 2 aromatic heterocycles. The predicted molar refractivity (Wildman–Crippen MR) is 119 cm³/mol. The van der Waals surface area contributed by atoms with Crippen molar-refractivity contribution in [3.05, 3.63) is 76.1 Å². The number of piperidine rings is 1. The molecule has 5 rings (SSSR count). The highest BCUT2D eigenvalue weighted by Gasteiger charge is 2.36. The van der Waals surface area contributed by atoms with Crippen LogP contribution in [-0.2, 0) is 19.7 Å². The summed E-state index contributed by atoms with van der Waals surface area (Å²) in [5.41, 5.74) is 3.63. The van der Waals surface area contributed by atoms with E-state index in [0.29, 0.717) is 17.6 Å². The highest BCUT2D eigenvalue weighted by atomic mass is 32.2. The fraction of sp³-hybridized carbons (Fsp3) is 0.375. The van der Waals surface area contributed by atoms with Crippen molar-refractivity contribution in [2.45, 2.75) is 36.9 Å². The number of hydrogen-bond donors (Lipinski definition) is 1. The van der Waals surface area contributed by atoms with Gasteiger partial charge in [-0.3, -0.25) is 9.69 Å². The van der Waals surface area contributed by atoms with Crippen LogP contribution in [0.2, 0.25) is 0 Å². The lowest BCUT2D eigenvalue weighted by atomic mass is 9.80. The topological polar surface area (TPSA) is 58.6 Å². The van der Waals surface area contributed by atoms with Gasteiger partial charge in [-0.1, -0.05) is 12.1 Å². The third-order valence-electron chi connectivity index (χ3n) is 6.32. The number of likely N-dealkylation sites (tertiary alicyclic amines) is 1. The number of rotatable bonds is 5. The van der Waals surface area contributed by atoms with Crippen molar-refractivity contribution in [2.75, 3.05) is 19.3 Å². The normalized spacial score (nSPS) is 20.9. The van der Waals surface area contributed by atoms with Gasteiger partial charge in [0.25, 0.3) is 5.56 Å². The molecule has 1 aromatic carbocycles. The third kappa shape index (κ3) is 3.64. The number of thioether (sulfide) groups is 1. The second kappa shape index (κ2) is 8.10. The summed E-state index contributed by atoms with van der Waals surface area (Å²) in [6.45, 7) is 3.31. The SMILES string of the molecule is CSc1ccc(-c2ccc(=O)n3c2[C@H]2C[C@@H](CN(Cc4ccc(CO)o4)C2)C3)cc1. The molecule has 0 unspecified atom stereocenters. The van der Waals surface area contributed by atoms with Crippen LogP contribution in [0.3, 0.4) is 0 Å². The van der Waals surface area contributed by atoms with Crippen molar-refractivity contribution >= 4 is 11.8 Å². The number of benzene rings is 1. The summed E-state index contributed by atoms with van der Waals surface area (Å²) in [4.78, 5) is 16.4. The minimum absolute atomic E-state index is 0.0692. The maximum Gasteiger partial charge on any atom is 0.250 e. The lowest BCUT2D eigenvalue weighted by molar-refractivity contribution is 0.107. The second-order valence-corrected chi connectivity index (χ2v) is 9.21. The lowest BCUT2D eigenvalue weighted by Gasteiger charge is -2.43. The summed E-state index contributed by atoms with van der Waals surface area (Å²) in [6.07, 6.45) is 3.20. The van der Waals surface area contributed by atoms with Gasteiger partial charge in [0.2, 0.25) is 0 Å². The van der Waals surface area contributed by atoms with Crippen molar-refractivity contribution < 1.29 is 9.52 Å². The van der Waals surface area contributed by atoms with Gasteiger partial charge in [-0.05, 0) is 54.5 Å². The van der Waals surface area contributed by atoms with Gasteiger partial charge in [0, 0.05) is 47.8 Å². The average molecular weight is 423 g/mol. The number of fused-ring (bicyclic) bond motifs is 4. The molecule has 2 bridgehead atoms. The molecule has 156 valence electrons. The molecule has 1 N–H and O–H groups in total. The molecule has 0 spiro atoms. The molecule has 4 heterocycles. The quantitative estimate of drug-likeness (QED) is 0.631. The zero-order chi connectivity index (χ0) is 20.7. The average Bonchev–Trinajstić information content (AvgIpc) is 3.22. The first-order valence-corrected chi connectivity index (χ1v) is 11.7. The van der Waals surface area contributed by atoms with Crippen molar-refractivity contribution in [1.29, 1.82) is 0 Å². The Balaban J connectivity index is 1.47. The van der Waals surface area contributed by atoms with Gasteiger partial charge in [-0.2, -0.15) is 0 Å². The number of furan rings is 1. The van der Waals surface area contributed by atoms with E-state index in [0.717, 1.165) is 38.4 Å². The molecule has 1 fully saturated rings. The minimum atomic E-state index is -0.0692. The summed E-state index contributed by atoms with van der Waals surface area (Å²) in [6, 6.07) is 16.1. The van der Waals surface area contributed by atoms with Gasteiger partial charge in [-0.25, -0.2) is 0 Å². The highest BCUT2D eigenvalue weighted by molar-refractivity contribution is 7.98. The fourth-order valence-electron chi connectivity index (χ4n) is 5.07. The number of hydrogen-bond acceptors (Lipinski definition) is 5. The molecule has 6 heteroatoms. The zero-order valence-electron chi connectivity index (χ0n) is 17.1. The van der Waals surface area contributed by atoms with Crippen LogP contribution in [0.4, 0.5) is 0 Å². The summed E-state index contributed by atoms with van der Waals surface area (Å²) >= 11 is 1.74. The molecule has 2 atom stereocenters. The lowest BCUT2D eigenvalue weighted by Crippen LogP contribution is -2.46. The molecule has 2 aliphatic heterocycles. The van der Waals surface area contributed by atoms with Crippen LogP contribution < -0.4 is 5.56 Å². The molecule has 2 aliphatic rings. The van der Waals surface area contributed by atoms with Gasteiger partial charge in [-0.15, -0.1) is 11.8 Å². The molecular formula is C24H26N2O3S. The van der Waals surface area contributed by atoms with Crippen LogP contribution in [-0.4, -0.2) is 33.9 Å². The minimum Gasteiger partial charge on any atom is -0.462 e. The second-order valence-electron chi connectivity index (χ2n) is 8.33. The van der Waals surface area contributed by atoms with Gasteiger partial charge >= 0.3 is 0 Å². The Kier molecular flexibility index (Phi) is 5.31. The third-order valence-corrected chi connectivity index (χ3v) is 7.06. The van der Waals surface area contributed by atoms with E-state index in [9.17, 15) is 9.90 Å². The standard InChI is InChI=1S/C24H26N2O3S/c1-30-21-6-2-17(3-7-21)22-8-9-23(28)26-12-16-10-18(24(22)26)13-25(11-16)14-19-4-5-20(15-27)29-19/h2-9,16,18,27H,10-15H2,1H3/t16-,18-/m0/s1. The van der Waals surface area contributed by atoms with Crippen molar-refractivity contribution in [3.8, 4) is 11.1 Å². The molecule has 0 radical (unpaired) electrons. The smallest absolute Gasteiger partial charge is 0.250 e. The van der Waals surface area contributed by atoms with Crippen LogP contribution in [0.5, 0.6) is 0 Å². The van der Waals surface area contributed by atoms with Gasteiger partial charge < -0.3 is 14.1 Å². The highest BCUT2D eigenvalue weighted by Crippen LogP contribution is 2.40. The van der Waals surface area contributed by atoms with Crippen LogP contribution in [0.15, 0.2) is 62.6 Å². The first-order valence-electron chi connectivity index (χ1n) is 10.4. The molecule has 1 saturated heterocycles. The Morgan fingerprint density at radius 2 is 1.83 bits per heavy atom. The fourth-order valence-corrected chi connectivity index (χ4v) is 5.48. The molecule has 3 aromatic rings. The van der Waals surface area contributed by atoms with Gasteiger partial charge in [0.1, 0.15) is 18.1 Å². The number of aliphatic hydroxyl groups is 1. The number of aromatic nitrogens is 1. The number of aliphatic hydroxyl groups excluding tert-OH is 1. The zero-order valence-corrected chi connectivity index (χ0v) is 17.9. The van der Waals surface area contributed by atoms with Crippen LogP contribution >= 0.6 is 11.8 Å². The van der Waals surface area contributed by atoms with Crippen molar-refractivity contribution in [2.24, 2.45) is 5.92 Å². The van der Waals surface area contributed by atoms with Crippen molar-refractivity contribution in [3.63, 3.8) is 0 Å². The molecular weight excluding hydrogens is 396 g/mol. The van der Waals surface area contributed by atoms with E-state index in [2.05, 4.69) is 35.4 Å².